The summed E-state index contributed by atoms with van der Waals surface area (Å²) >= 11 is 0. The third-order valence-corrected chi connectivity index (χ3v) is 3.89. The van der Waals surface area contributed by atoms with Crippen molar-refractivity contribution in [2.75, 3.05) is 0 Å². The van der Waals surface area contributed by atoms with E-state index in [0.717, 1.165) is 19.3 Å². The van der Waals surface area contributed by atoms with Crippen LogP contribution >= 0.6 is 0 Å². The van der Waals surface area contributed by atoms with E-state index in [9.17, 15) is 4.79 Å². The largest absolute Gasteiger partial charge is 0.299 e. The van der Waals surface area contributed by atoms with Crippen molar-refractivity contribution in [1.29, 1.82) is 0 Å². The lowest BCUT2D eigenvalue weighted by molar-refractivity contribution is -0.127. The molecule has 0 amide bonds. The van der Waals surface area contributed by atoms with Crippen molar-refractivity contribution in [3.63, 3.8) is 0 Å². The van der Waals surface area contributed by atoms with Crippen molar-refractivity contribution in [3.05, 3.63) is 0 Å². The van der Waals surface area contributed by atoms with E-state index in [2.05, 4.69) is 20.8 Å². The molecule has 0 aromatic rings. The molecule has 2 rings (SSSR count). The standard InChI is InChI=1S/C11H18O/c1-10(2)7-11(3)5-4-9(12)8(10)6-11/h8H,4-7H2,1-3H3. The summed E-state index contributed by atoms with van der Waals surface area (Å²) in [5.74, 6) is 0.895. The van der Waals surface area contributed by atoms with Crippen LogP contribution in [0.15, 0.2) is 0 Å². The monoisotopic (exact) mass is 166 g/mol. The van der Waals surface area contributed by atoms with Crippen LogP contribution < -0.4 is 0 Å². The van der Waals surface area contributed by atoms with Crippen molar-refractivity contribution in [2.45, 2.75) is 46.5 Å². The highest BCUT2D eigenvalue weighted by molar-refractivity contribution is 5.83. The molecule has 0 radical (unpaired) electrons. The topological polar surface area (TPSA) is 17.1 Å². The number of rotatable bonds is 0. The van der Waals surface area contributed by atoms with E-state index in [1.807, 2.05) is 0 Å². The predicted molar refractivity (Wildman–Crippen MR) is 48.9 cm³/mol. The van der Waals surface area contributed by atoms with E-state index < -0.39 is 0 Å². The number of carbonyl (C=O) groups excluding carboxylic acids is 1. The van der Waals surface area contributed by atoms with E-state index in [-0.39, 0.29) is 5.41 Å². The van der Waals surface area contributed by atoms with Crippen LogP contribution in [-0.2, 0) is 4.79 Å². The zero-order valence-electron chi connectivity index (χ0n) is 8.31. The highest BCUT2D eigenvalue weighted by Crippen LogP contribution is 2.58. The quantitative estimate of drug-likeness (QED) is 0.541. The molecular formula is C11H18O. The Hall–Kier alpha value is -0.330. The molecule has 2 bridgehead atoms. The Kier molecular flexibility index (Phi) is 1.47. The second-order valence-corrected chi connectivity index (χ2v) is 5.70. The van der Waals surface area contributed by atoms with Gasteiger partial charge in [0, 0.05) is 12.3 Å². The van der Waals surface area contributed by atoms with Gasteiger partial charge in [-0.05, 0) is 30.1 Å². The number of carbonyl (C=O) groups is 1. The fraction of sp³-hybridized carbons (Fsp3) is 0.909. The van der Waals surface area contributed by atoms with E-state index >= 15 is 0 Å². The molecule has 0 aromatic heterocycles. The van der Waals surface area contributed by atoms with Crippen molar-refractivity contribution in [1.82, 2.24) is 0 Å². The third-order valence-electron chi connectivity index (χ3n) is 3.89. The fourth-order valence-corrected chi connectivity index (χ4v) is 3.40. The van der Waals surface area contributed by atoms with E-state index in [4.69, 9.17) is 0 Å². The zero-order valence-corrected chi connectivity index (χ0v) is 8.31. The summed E-state index contributed by atoms with van der Waals surface area (Å²) in [4.78, 5) is 11.6. The van der Waals surface area contributed by atoms with Crippen LogP contribution in [0.1, 0.15) is 46.5 Å². The summed E-state index contributed by atoms with van der Waals surface area (Å²) in [6, 6.07) is 0. The summed E-state index contributed by atoms with van der Waals surface area (Å²) in [6.07, 6.45) is 4.37. The minimum atomic E-state index is 0.280. The Labute approximate surface area is 74.5 Å². The summed E-state index contributed by atoms with van der Waals surface area (Å²) in [5.41, 5.74) is 0.768. The lowest BCUT2D eigenvalue weighted by Crippen LogP contribution is -2.27. The number of hydrogen-bond acceptors (Lipinski definition) is 1. The molecule has 0 spiro atoms. The average molecular weight is 166 g/mol. The number of ketones is 1. The van der Waals surface area contributed by atoms with E-state index in [0.29, 0.717) is 17.1 Å². The second kappa shape index (κ2) is 2.12. The van der Waals surface area contributed by atoms with Gasteiger partial charge in [0.15, 0.2) is 0 Å². The van der Waals surface area contributed by atoms with Crippen LogP contribution in [0.5, 0.6) is 0 Å². The van der Waals surface area contributed by atoms with Gasteiger partial charge in [-0.3, -0.25) is 4.79 Å². The molecular weight excluding hydrogens is 148 g/mol. The zero-order chi connectivity index (χ0) is 8.98. The molecule has 2 fully saturated rings. The normalized spacial score (nSPS) is 44.9. The lowest BCUT2D eigenvalue weighted by atomic mass is 9.76. The summed E-state index contributed by atoms with van der Waals surface area (Å²) in [5, 5.41) is 0. The Morgan fingerprint density at radius 1 is 1.33 bits per heavy atom. The van der Waals surface area contributed by atoms with Gasteiger partial charge >= 0.3 is 0 Å². The first-order chi connectivity index (χ1) is 5.43. The van der Waals surface area contributed by atoms with Crippen LogP contribution in [0, 0.1) is 16.7 Å². The first-order valence-electron chi connectivity index (χ1n) is 4.96. The van der Waals surface area contributed by atoms with Crippen LogP contribution in [0.4, 0.5) is 0 Å². The smallest absolute Gasteiger partial charge is 0.136 e. The second-order valence-electron chi connectivity index (χ2n) is 5.70. The SMILES string of the molecule is CC12CCC(=O)C(C1)C(C)(C)C2. The first kappa shape index (κ1) is 8.28. The minimum absolute atomic E-state index is 0.280. The van der Waals surface area contributed by atoms with Crippen LogP contribution in [0.2, 0.25) is 0 Å². The maximum absolute atomic E-state index is 11.6. The Bertz CT molecular complexity index is 229. The molecule has 2 saturated carbocycles. The van der Waals surface area contributed by atoms with Crippen molar-refractivity contribution >= 4 is 5.78 Å². The van der Waals surface area contributed by atoms with Gasteiger partial charge in [-0.1, -0.05) is 20.8 Å². The molecule has 12 heavy (non-hydrogen) atoms. The first-order valence-corrected chi connectivity index (χ1v) is 4.96. The van der Waals surface area contributed by atoms with Gasteiger partial charge in [-0.2, -0.15) is 0 Å². The molecule has 2 aliphatic rings. The molecule has 0 heterocycles. The van der Waals surface area contributed by atoms with Gasteiger partial charge in [-0.25, -0.2) is 0 Å². The predicted octanol–water partition coefficient (Wildman–Crippen LogP) is 2.79. The molecule has 0 aliphatic heterocycles. The Morgan fingerprint density at radius 3 is 2.58 bits per heavy atom. The molecule has 2 atom stereocenters. The fourth-order valence-electron chi connectivity index (χ4n) is 3.40. The molecule has 0 aromatic carbocycles. The van der Waals surface area contributed by atoms with Crippen molar-refractivity contribution in [2.24, 2.45) is 16.7 Å². The maximum atomic E-state index is 11.6. The molecule has 1 nitrogen and oxygen atoms in total. The van der Waals surface area contributed by atoms with Crippen LogP contribution in [0.3, 0.4) is 0 Å². The number of hydrogen-bond donors (Lipinski definition) is 0. The van der Waals surface area contributed by atoms with Crippen LogP contribution in [0.25, 0.3) is 0 Å². The van der Waals surface area contributed by atoms with Gasteiger partial charge < -0.3 is 0 Å². The van der Waals surface area contributed by atoms with Gasteiger partial charge in [0.05, 0.1) is 0 Å². The summed E-state index contributed by atoms with van der Waals surface area (Å²) in [7, 11) is 0. The van der Waals surface area contributed by atoms with Gasteiger partial charge in [0.2, 0.25) is 0 Å². The van der Waals surface area contributed by atoms with E-state index in [1.54, 1.807) is 0 Å². The highest BCUT2D eigenvalue weighted by Gasteiger charge is 2.52. The molecule has 0 N–H and O–H groups in total. The van der Waals surface area contributed by atoms with Gasteiger partial charge in [0.25, 0.3) is 0 Å². The summed E-state index contributed by atoms with van der Waals surface area (Å²) in [6.45, 7) is 6.86. The number of fused-ring (bicyclic) bond motifs is 2. The van der Waals surface area contributed by atoms with Crippen molar-refractivity contribution < 1.29 is 4.79 Å². The van der Waals surface area contributed by atoms with Gasteiger partial charge in [-0.15, -0.1) is 0 Å². The molecule has 2 unspecified atom stereocenters. The maximum Gasteiger partial charge on any atom is 0.136 e. The summed E-state index contributed by atoms with van der Waals surface area (Å²) < 4.78 is 0. The van der Waals surface area contributed by atoms with Crippen molar-refractivity contribution in [3.8, 4) is 0 Å². The average Bonchev–Trinajstić information content (AvgIpc) is 2.12. The molecule has 68 valence electrons. The van der Waals surface area contributed by atoms with E-state index in [1.165, 1.54) is 6.42 Å². The van der Waals surface area contributed by atoms with Gasteiger partial charge in [0.1, 0.15) is 5.78 Å². The minimum Gasteiger partial charge on any atom is -0.299 e. The number of Topliss-reactive ketones (excluding diaryl/α,β-unsaturated/α-hetero) is 1. The highest BCUT2D eigenvalue weighted by atomic mass is 16.1. The Balaban J connectivity index is 2.33. The lowest BCUT2D eigenvalue weighted by Gasteiger charge is -2.27. The molecule has 0 saturated heterocycles. The van der Waals surface area contributed by atoms with Crippen LogP contribution in [-0.4, -0.2) is 5.78 Å². The molecule has 1 heteroatoms. The Morgan fingerprint density at radius 2 is 2.00 bits per heavy atom. The third kappa shape index (κ3) is 1.02. The molecule has 2 aliphatic carbocycles.